The number of benzene rings is 1. The van der Waals surface area contributed by atoms with Crippen LogP contribution in [0.3, 0.4) is 0 Å². The zero-order valence-corrected chi connectivity index (χ0v) is 13.1. The Hall–Kier alpha value is -1.71. The lowest BCUT2D eigenvalue weighted by Crippen LogP contribution is -2.42. The molecule has 0 aromatic heterocycles. The number of hydrogen-bond acceptors (Lipinski definition) is 6. The number of rotatable bonds is 9. The highest BCUT2D eigenvalue weighted by atomic mass is 33.1. The van der Waals surface area contributed by atoms with E-state index in [2.05, 4.69) is 5.32 Å². The summed E-state index contributed by atoms with van der Waals surface area (Å²) in [6.07, 6.45) is 0. The fraction of sp³-hybridized carbons (Fsp3) is 0.308. The molecule has 7 nitrogen and oxygen atoms in total. The van der Waals surface area contributed by atoms with E-state index < -0.39 is 29.9 Å². The molecule has 0 heterocycles. The Bertz CT molecular complexity index is 526. The van der Waals surface area contributed by atoms with Crippen LogP contribution < -0.4 is 11.1 Å². The SMILES string of the molecule is N[C@@H](CSSC[C@H](NC(=O)c1ccccc1)C(=O)O)C(=O)O. The Kier molecular flexibility index (Phi) is 7.78. The number of amides is 1. The van der Waals surface area contributed by atoms with Crippen molar-refractivity contribution in [2.45, 2.75) is 12.1 Å². The maximum atomic E-state index is 11.9. The number of nitrogens with two attached hydrogens (primary N) is 1. The highest BCUT2D eigenvalue weighted by Crippen LogP contribution is 2.22. The van der Waals surface area contributed by atoms with E-state index in [0.717, 1.165) is 21.6 Å². The van der Waals surface area contributed by atoms with E-state index >= 15 is 0 Å². The second-order valence-corrected chi connectivity index (χ2v) is 6.80. The molecular formula is C13H16N2O5S2. The zero-order valence-electron chi connectivity index (χ0n) is 11.5. The summed E-state index contributed by atoms with van der Waals surface area (Å²) in [5, 5.41) is 20.2. The Morgan fingerprint density at radius 2 is 1.64 bits per heavy atom. The number of carbonyl (C=O) groups is 3. The van der Waals surface area contributed by atoms with Crippen LogP contribution in [0, 0.1) is 0 Å². The number of carboxylic acid groups (broad SMARTS) is 2. The van der Waals surface area contributed by atoms with Gasteiger partial charge in [-0.2, -0.15) is 0 Å². The van der Waals surface area contributed by atoms with Crippen molar-refractivity contribution in [3.05, 3.63) is 35.9 Å². The topological polar surface area (TPSA) is 130 Å². The highest BCUT2D eigenvalue weighted by Gasteiger charge is 2.21. The molecule has 1 aromatic rings. The molecule has 0 unspecified atom stereocenters. The van der Waals surface area contributed by atoms with Gasteiger partial charge in [-0.1, -0.05) is 39.8 Å². The first-order valence-corrected chi connectivity index (χ1v) is 8.72. The molecule has 0 bridgehead atoms. The van der Waals surface area contributed by atoms with Crippen LogP contribution in [0.25, 0.3) is 0 Å². The van der Waals surface area contributed by atoms with Crippen LogP contribution in [0.15, 0.2) is 30.3 Å². The molecule has 0 fully saturated rings. The number of hydrogen-bond donors (Lipinski definition) is 4. The fourth-order valence-corrected chi connectivity index (χ4v) is 3.58. The molecule has 5 N–H and O–H groups in total. The molecule has 0 spiro atoms. The van der Waals surface area contributed by atoms with Crippen LogP contribution in [-0.4, -0.2) is 51.6 Å². The first-order valence-electron chi connectivity index (χ1n) is 6.23. The van der Waals surface area contributed by atoms with Gasteiger partial charge in [0, 0.05) is 17.1 Å². The molecule has 2 atom stereocenters. The van der Waals surface area contributed by atoms with E-state index in [1.807, 2.05) is 0 Å². The average molecular weight is 344 g/mol. The van der Waals surface area contributed by atoms with Gasteiger partial charge in [0.1, 0.15) is 12.1 Å². The Balaban J connectivity index is 2.44. The van der Waals surface area contributed by atoms with Gasteiger partial charge in [0.2, 0.25) is 0 Å². The van der Waals surface area contributed by atoms with Gasteiger partial charge in [0.25, 0.3) is 5.91 Å². The second-order valence-electron chi connectivity index (χ2n) is 4.24. The molecule has 22 heavy (non-hydrogen) atoms. The van der Waals surface area contributed by atoms with Gasteiger partial charge in [-0.3, -0.25) is 9.59 Å². The van der Waals surface area contributed by atoms with Crippen LogP contribution in [0.5, 0.6) is 0 Å². The van der Waals surface area contributed by atoms with Gasteiger partial charge in [-0.25, -0.2) is 4.79 Å². The third-order valence-corrected chi connectivity index (χ3v) is 4.97. The minimum absolute atomic E-state index is 0.102. The minimum atomic E-state index is -1.15. The van der Waals surface area contributed by atoms with Gasteiger partial charge >= 0.3 is 11.9 Å². The summed E-state index contributed by atoms with van der Waals surface area (Å²) in [5.41, 5.74) is 5.70. The van der Waals surface area contributed by atoms with E-state index in [9.17, 15) is 14.4 Å². The summed E-state index contributed by atoms with van der Waals surface area (Å²) < 4.78 is 0. The zero-order chi connectivity index (χ0) is 16.5. The third kappa shape index (κ3) is 6.37. The smallest absolute Gasteiger partial charge is 0.327 e. The summed E-state index contributed by atoms with van der Waals surface area (Å²) in [6.45, 7) is 0. The van der Waals surface area contributed by atoms with Crippen molar-refractivity contribution in [1.82, 2.24) is 5.32 Å². The van der Waals surface area contributed by atoms with Gasteiger partial charge in [-0.05, 0) is 12.1 Å². The number of carbonyl (C=O) groups excluding carboxylic acids is 1. The van der Waals surface area contributed by atoms with Crippen LogP contribution in [0.2, 0.25) is 0 Å². The number of carboxylic acids is 2. The van der Waals surface area contributed by atoms with Gasteiger partial charge in [0.05, 0.1) is 0 Å². The molecule has 0 radical (unpaired) electrons. The molecule has 1 amide bonds. The van der Waals surface area contributed by atoms with E-state index in [4.69, 9.17) is 15.9 Å². The maximum Gasteiger partial charge on any atom is 0.327 e. The molecular weight excluding hydrogens is 328 g/mol. The van der Waals surface area contributed by atoms with Crippen LogP contribution >= 0.6 is 21.6 Å². The highest BCUT2D eigenvalue weighted by molar-refractivity contribution is 8.76. The largest absolute Gasteiger partial charge is 0.480 e. The molecule has 120 valence electrons. The van der Waals surface area contributed by atoms with Crippen molar-refractivity contribution < 1.29 is 24.6 Å². The van der Waals surface area contributed by atoms with Crippen LogP contribution in [-0.2, 0) is 9.59 Å². The normalized spacial score (nSPS) is 13.1. The quantitative estimate of drug-likeness (QED) is 0.380. The first kappa shape index (κ1) is 18.3. The molecule has 1 rings (SSSR count). The lowest BCUT2D eigenvalue weighted by molar-refractivity contribution is -0.139. The number of aliphatic carboxylic acids is 2. The minimum Gasteiger partial charge on any atom is -0.480 e. The molecule has 0 saturated carbocycles. The Morgan fingerprint density at radius 1 is 1.05 bits per heavy atom. The molecule has 1 aromatic carbocycles. The van der Waals surface area contributed by atoms with Gasteiger partial charge in [-0.15, -0.1) is 0 Å². The summed E-state index contributed by atoms with van der Waals surface area (Å²) in [5.74, 6) is -2.48. The van der Waals surface area contributed by atoms with Crippen LogP contribution in [0.4, 0.5) is 0 Å². The van der Waals surface area contributed by atoms with Gasteiger partial charge < -0.3 is 21.3 Å². The summed E-state index contributed by atoms with van der Waals surface area (Å²) in [7, 11) is 2.30. The Morgan fingerprint density at radius 3 is 2.18 bits per heavy atom. The van der Waals surface area contributed by atoms with Crippen molar-refractivity contribution in [2.24, 2.45) is 5.73 Å². The van der Waals surface area contributed by atoms with Crippen molar-refractivity contribution in [2.75, 3.05) is 11.5 Å². The molecule has 0 aliphatic rings. The monoisotopic (exact) mass is 344 g/mol. The maximum absolute atomic E-state index is 11.9. The lowest BCUT2D eigenvalue weighted by atomic mass is 10.2. The molecule has 9 heteroatoms. The standard InChI is InChI=1S/C13H16N2O5S2/c14-9(12(17)18)6-21-22-7-10(13(19)20)15-11(16)8-4-2-1-3-5-8/h1-5,9-10H,6-7,14H2,(H,15,16)(H,17,18)(H,19,20)/t9-,10-/m0/s1. The van der Waals surface area contributed by atoms with E-state index in [1.165, 1.54) is 0 Å². The predicted molar refractivity (Wildman–Crippen MR) is 85.9 cm³/mol. The predicted octanol–water partition coefficient (Wildman–Crippen LogP) is 0.663. The average Bonchev–Trinajstić information content (AvgIpc) is 2.50. The van der Waals surface area contributed by atoms with E-state index in [0.29, 0.717) is 5.56 Å². The second kappa shape index (κ2) is 9.34. The lowest BCUT2D eigenvalue weighted by Gasteiger charge is -2.14. The van der Waals surface area contributed by atoms with Crippen molar-refractivity contribution in [1.29, 1.82) is 0 Å². The molecule has 0 aliphatic carbocycles. The van der Waals surface area contributed by atoms with E-state index in [-0.39, 0.29) is 11.5 Å². The molecule has 0 aliphatic heterocycles. The van der Waals surface area contributed by atoms with E-state index in [1.54, 1.807) is 30.3 Å². The van der Waals surface area contributed by atoms with Crippen molar-refractivity contribution >= 4 is 39.4 Å². The van der Waals surface area contributed by atoms with Crippen molar-refractivity contribution in [3.8, 4) is 0 Å². The molecule has 0 saturated heterocycles. The Labute approximate surface area is 135 Å². The summed E-state index contributed by atoms with van der Waals surface area (Å²) >= 11 is 0. The van der Waals surface area contributed by atoms with Crippen LogP contribution in [0.1, 0.15) is 10.4 Å². The number of nitrogens with one attached hydrogen (secondary N) is 1. The summed E-state index contributed by atoms with van der Waals surface area (Å²) in [4.78, 5) is 33.6. The third-order valence-electron chi connectivity index (χ3n) is 2.52. The van der Waals surface area contributed by atoms with Gasteiger partial charge in [0.15, 0.2) is 0 Å². The first-order chi connectivity index (χ1) is 10.4. The van der Waals surface area contributed by atoms with Crippen molar-refractivity contribution in [3.63, 3.8) is 0 Å². The summed E-state index contributed by atoms with van der Waals surface area (Å²) in [6, 6.07) is 6.23. The fourth-order valence-electron chi connectivity index (χ4n) is 1.31.